The van der Waals surface area contributed by atoms with Gasteiger partial charge in [-0.1, -0.05) is 6.07 Å². The molecular formula is C19H19F3N6O. The summed E-state index contributed by atoms with van der Waals surface area (Å²) >= 11 is 0. The van der Waals surface area contributed by atoms with E-state index in [-0.39, 0.29) is 37.1 Å². The number of carbonyl (C=O) groups is 1. The van der Waals surface area contributed by atoms with Gasteiger partial charge >= 0.3 is 6.18 Å². The number of rotatable bonds is 2. The normalized spacial score (nSPS) is 14.2. The van der Waals surface area contributed by atoms with Gasteiger partial charge in [-0.3, -0.25) is 4.79 Å². The molecule has 0 unspecified atom stereocenters. The van der Waals surface area contributed by atoms with E-state index in [9.17, 15) is 18.0 Å². The lowest BCUT2D eigenvalue weighted by molar-refractivity contribution is -0.147. The zero-order valence-electron chi connectivity index (χ0n) is 16.2. The Hall–Kier alpha value is -3.17. The van der Waals surface area contributed by atoms with Gasteiger partial charge in [0.15, 0.2) is 11.5 Å². The van der Waals surface area contributed by atoms with E-state index in [2.05, 4.69) is 15.3 Å². The number of nitrogens with zero attached hydrogens (tertiary/aromatic N) is 6. The molecule has 2 aromatic heterocycles. The largest absolute Gasteiger partial charge is 0.451 e. The smallest absolute Gasteiger partial charge is 0.328 e. The molecule has 1 aromatic carbocycles. The van der Waals surface area contributed by atoms with Crippen LogP contribution in [0.5, 0.6) is 0 Å². The predicted molar refractivity (Wildman–Crippen MR) is 97.5 cm³/mol. The fourth-order valence-corrected chi connectivity index (χ4v) is 3.62. The second-order valence-electron chi connectivity index (χ2n) is 7.24. The third-order valence-electron chi connectivity index (χ3n) is 4.85. The van der Waals surface area contributed by atoms with Crippen LogP contribution in [-0.4, -0.2) is 41.9 Å². The van der Waals surface area contributed by atoms with Gasteiger partial charge in [0.1, 0.15) is 0 Å². The Morgan fingerprint density at radius 1 is 1.00 bits per heavy atom. The second kappa shape index (κ2) is 6.71. The Bertz CT molecular complexity index is 1080. The van der Waals surface area contributed by atoms with Crippen molar-refractivity contribution in [1.82, 2.24) is 29.4 Å². The molecule has 1 aliphatic heterocycles. The van der Waals surface area contributed by atoms with Crippen LogP contribution in [0.3, 0.4) is 0 Å². The number of hydrogen-bond acceptors (Lipinski definition) is 4. The molecule has 0 bridgehead atoms. The highest BCUT2D eigenvalue weighted by molar-refractivity contribution is 5.92. The summed E-state index contributed by atoms with van der Waals surface area (Å²) in [6, 6.07) is 7.68. The number of aromatic nitrogens is 5. The average molecular weight is 404 g/mol. The van der Waals surface area contributed by atoms with Crippen molar-refractivity contribution in [3.63, 3.8) is 0 Å². The van der Waals surface area contributed by atoms with Crippen molar-refractivity contribution < 1.29 is 18.0 Å². The summed E-state index contributed by atoms with van der Waals surface area (Å²) in [6.45, 7) is 5.89. The minimum atomic E-state index is -4.57. The molecule has 0 saturated carbocycles. The van der Waals surface area contributed by atoms with E-state index in [0.29, 0.717) is 0 Å². The Morgan fingerprint density at radius 2 is 1.69 bits per heavy atom. The number of benzene rings is 1. The fourth-order valence-electron chi connectivity index (χ4n) is 3.62. The van der Waals surface area contributed by atoms with Crippen LogP contribution in [-0.2, 0) is 19.3 Å². The van der Waals surface area contributed by atoms with Gasteiger partial charge in [-0.05, 0) is 50.1 Å². The molecule has 152 valence electrons. The first-order valence-electron chi connectivity index (χ1n) is 9.07. The fraction of sp³-hybridized carbons (Fsp3) is 0.368. The van der Waals surface area contributed by atoms with Crippen molar-refractivity contribution in [3.05, 3.63) is 58.4 Å². The van der Waals surface area contributed by atoms with Crippen LogP contribution in [0.2, 0.25) is 0 Å². The lowest BCUT2D eigenvalue weighted by Crippen LogP contribution is -2.39. The zero-order chi connectivity index (χ0) is 20.9. The third kappa shape index (κ3) is 3.50. The Kier molecular flexibility index (Phi) is 4.44. The molecule has 1 aliphatic rings. The van der Waals surface area contributed by atoms with E-state index in [1.54, 1.807) is 10.7 Å². The van der Waals surface area contributed by atoms with Crippen LogP contribution in [0.25, 0.3) is 5.69 Å². The quantitative estimate of drug-likeness (QED) is 0.658. The van der Waals surface area contributed by atoms with Crippen LogP contribution in [0.4, 0.5) is 13.2 Å². The molecule has 0 atom stereocenters. The predicted octanol–water partition coefficient (Wildman–Crippen LogP) is 3.06. The number of alkyl halides is 3. The molecule has 0 aliphatic carbocycles. The topological polar surface area (TPSA) is 68.8 Å². The molecule has 0 fully saturated rings. The maximum absolute atomic E-state index is 13.0. The molecule has 3 heterocycles. The molecular weight excluding hydrogens is 385 g/mol. The van der Waals surface area contributed by atoms with Crippen LogP contribution < -0.4 is 0 Å². The summed E-state index contributed by atoms with van der Waals surface area (Å²) in [7, 11) is 0. The van der Waals surface area contributed by atoms with Crippen molar-refractivity contribution >= 4 is 5.91 Å². The van der Waals surface area contributed by atoms with Gasteiger partial charge in [0.2, 0.25) is 5.82 Å². The molecule has 1 amide bonds. The van der Waals surface area contributed by atoms with Gasteiger partial charge in [0.25, 0.3) is 5.91 Å². The van der Waals surface area contributed by atoms with Crippen LogP contribution in [0.1, 0.15) is 39.0 Å². The lowest BCUT2D eigenvalue weighted by Gasteiger charge is -2.27. The third-order valence-corrected chi connectivity index (χ3v) is 4.85. The number of fused-ring (bicyclic) bond motifs is 1. The number of halogens is 3. The first-order valence-corrected chi connectivity index (χ1v) is 9.07. The molecule has 0 N–H and O–H groups in total. The van der Waals surface area contributed by atoms with E-state index >= 15 is 0 Å². The summed E-state index contributed by atoms with van der Waals surface area (Å²) in [5.41, 5.74) is 4.05. The molecule has 3 aromatic rings. The van der Waals surface area contributed by atoms with Crippen LogP contribution in [0, 0.1) is 20.8 Å². The van der Waals surface area contributed by atoms with E-state index in [0.717, 1.165) is 27.1 Å². The van der Waals surface area contributed by atoms with Crippen molar-refractivity contribution in [2.75, 3.05) is 6.54 Å². The maximum atomic E-state index is 13.0. The monoisotopic (exact) mass is 404 g/mol. The van der Waals surface area contributed by atoms with Crippen LogP contribution in [0.15, 0.2) is 24.3 Å². The maximum Gasteiger partial charge on any atom is 0.451 e. The van der Waals surface area contributed by atoms with Gasteiger partial charge in [-0.25, -0.2) is 4.68 Å². The van der Waals surface area contributed by atoms with Gasteiger partial charge in [-0.15, -0.1) is 10.2 Å². The summed E-state index contributed by atoms with van der Waals surface area (Å²) in [4.78, 5) is 14.4. The molecule has 4 rings (SSSR count). The molecule has 7 nitrogen and oxygen atoms in total. The molecule has 29 heavy (non-hydrogen) atoms. The van der Waals surface area contributed by atoms with E-state index in [1.807, 2.05) is 39.0 Å². The highest BCUT2D eigenvalue weighted by Crippen LogP contribution is 2.29. The zero-order valence-corrected chi connectivity index (χ0v) is 16.2. The Labute approximate surface area is 164 Å². The lowest BCUT2D eigenvalue weighted by atomic mass is 10.1. The van der Waals surface area contributed by atoms with Crippen molar-refractivity contribution in [3.8, 4) is 5.69 Å². The highest BCUT2D eigenvalue weighted by Gasteiger charge is 2.40. The number of hydrogen-bond donors (Lipinski definition) is 0. The van der Waals surface area contributed by atoms with Crippen LogP contribution >= 0.6 is 0 Å². The molecule has 0 radical (unpaired) electrons. The number of aryl methyl sites for hydroxylation is 3. The number of carbonyl (C=O) groups excluding carboxylic acids is 1. The summed E-state index contributed by atoms with van der Waals surface area (Å²) in [5.74, 6) is -1.27. The standard InChI is InChI=1S/C19H19F3N6O/c1-11-6-12(2)8-14(7-11)28-13(3)9-15(25-28)17(29)26-4-5-27-16(10-26)23-24-18(27)19(20,21)22/h6-9H,4-5,10H2,1-3H3. The SMILES string of the molecule is Cc1cc(C)cc(-n2nc(C(=O)N3CCn4c(nnc4C(F)(F)F)C3)cc2C)c1. The summed E-state index contributed by atoms with van der Waals surface area (Å²) in [6.07, 6.45) is -4.57. The van der Waals surface area contributed by atoms with Gasteiger partial charge < -0.3 is 9.47 Å². The van der Waals surface area contributed by atoms with Gasteiger partial charge in [0, 0.05) is 18.8 Å². The molecule has 0 spiro atoms. The highest BCUT2D eigenvalue weighted by atomic mass is 19.4. The average Bonchev–Trinajstić information content (AvgIpc) is 3.23. The first-order chi connectivity index (χ1) is 13.6. The van der Waals surface area contributed by atoms with E-state index in [4.69, 9.17) is 0 Å². The minimum Gasteiger partial charge on any atom is -0.328 e. The second-order valence-corrected chi connectivity index (χ2v) is 7.24. The Balaban J connectivity index is 1.59. The number of amides is 1. The van der Waals surface area contributed by atoms with Crippen molar-refractivity contribution in [2.24, 2.45) is 0 Å². The van der Waals surface area contributed by atoms with E-state index < -0.39 is 12.0 Å². The van der Waals surface area contributed by atoms with Gasteiger partial charge in [0.05, 0.1) is 12.2 Å². The first kappa shape index (κ1) is 19.2. The van der Waals surface area contributed by atoms with Crippen molar-refractivity contribution in [1.29, 1.82) is 0 Å². The molecule has 10 heteroatoms. The minimum absolute atomic E-state index is 0.0142. The molecule has 0 saturated heterocycles. The Morgan fingerprint density at radius 3 is 2.34 bits per heavy atom. The van der Waals surface area contributed by atoms with E-state index in [1.165, 1.54) is 4.90 Å². The summed E-state index contributed by atoms with van der Waals surface area (Å²) in [5, 5.41) is 11.3. The summed E-state index contributed by atoms with van der Waals surface area (Å²) < 4.78 is 41.6. The van der Waals surface area contributed by atoms with Crippen molar-refractivity contribution in [2.45, 2.75) is 40.0 Å². The van der Waals surface area contributed by atoms with Gasteiger partial charge in [-0.2, -0.15) is 18.3 Å².